The van der Waals surface area contributed by atoms with Crippen LogP contribution in [0.4, 0.5) is 11.4 Å². The molecule has 0 fully saturated rings. The third-order valence-electron chi connectivity index (χ3n) is 6.25. The quantitative estimate of drug-likeness (QED) is 0.109. The van der Waals surface area contributed by atoms with Crippen molar-refractivity contribution in [2.75, 3.05) is 37.7 Å². The van der Waals surface area contributed by atoms with E-state index in [1.165, 1.54) is 39.2 Å². The molecular formula is C33H29Cl2N3O6S. The minimum Gasteiger partial charge on any atom is -0.496 e. The summed E-state index contributed by atoms with van der Waals surface area (Å²) in [6.45, 7) is 0. The van der Waals surface area contributed by atoms with Gasteiger partial charge in [-0.05, 0) is 66.7 Å². The van der Waals surface area contributed by atoms with Crippen molar-refractivity contribution in [3.8, 4) is 17.2 Å². The molecule has 3 N–H and O–H groups in total. The fourth-order valence-corrected chi connectivity index (χ4v) is 5.18. The average Bonchev–Trinajstić information content (AvgIpc) is 3.05. The number of hydrogen-bond acceptors (Lipinski definition) is 7. The van der Waals surface area contributed by atoms with Crippen LogP contribution in [0.5, 0.6) is 17.2 Å². The van der Waals surface area contributed by atoms with Crippen LogP contribution in [0.15, 0.2) is 95.5 Å². The van der Waals surface area contributed by atoms with E-state index in [0.29, 0.717) is 49.8 Å². The number of rotatable bonds is 12. The SMILES string of the molecule is COc1cc(OC)c(OC)cc1/C=C(\NC(=O)c1ccccc1)C(=O)Nc1ccc(SCC(=O)Nc2ccc(Cl)cc2Cl)cc1. The van der Waals surface area contributed by atoms with Gasteiger partial charge >= 0.3 is 0 Å². The molecule has 4 rings (SSSR count). The lowest BCUT2D eigenvalue weighted by atomic mass is 10.1. The highest BCUT2D eigenvalue weighted by Crippen LogP contribution is 2.36. The van der Waals surface area contributed by atoms with Crippen LogP contribution in [0.1, 0.15) is 15.9 Å². The molecule has 12 heteroatoms. The molecule has 4 aromatic carbocycles. The van der Waals surface area contributed by atoms with E-state index in [0.717, 1.165) is 4.90 Å². The molecule has 0 aromatic heterocycles. The first-order valence-electron chi connectivity index (χ1n) is 13.4. The van der Waals surface area contributed by atoms with E-state index in [2.05, 4.69) is 16.0 Å². The van der Waals surface area contributed by atoms with Gasteiger partial charge in [-0.2, -0.15) is 0 Å². The highest BCUT2D eigenvalue weighted by molar-refractivity contribution is 8.00. The van der Waals surface area contributed by atoms with E-state index in [1.807, 2.05) is 0 Å². The molecule has 0 saturated heterocycles. The largest absolute Gasteiger partial charge is 0.496 e. The summed E-state index contributed by atoms with van der Waals surface area (Å²) in [5.41, 5.74) is 1.75. The zero-order valence-corrected chi connectivity index (χ0v) is 26.8. The lowest BCUT2D eigenvalue weighted by Gasteiger charge is -2.15. The molecule has 0 heterocycles. The number of benzene rings is 4. The Hall–Kier alpha value is -4.64. The second kappa shape index (κ2) is 15.9. The number of halogens is 2. The summed E-state index contributed by atoms with van der Waals surface area (Å²) in [5, 5.41) is 9.09. The van der Waals surface area contributed by atoms with Gasteiger partial charge in [-0.15, -0.1) is 11.8 Å². The molecule has 0 saturated carbocycles. The zero-order valence-electron chi connectivity index (χ0n) is 24.5. The summed E-state index contributed by atoms with van der Waals surface area (Å²) in [4.78, 5) is 39.8. The van der Waals surface area contributed by atoms with Crippen molar-refractivity contribution in [1.29, 1.82) is 0 Å². The molecule has 232 valence electrons. The van der Waals surface area contributed by atoms with Gasteiger partial charge in [0.15, 0.2) is 11.5 Å². The average molecular weight is 667 g/mol. The van der Waals surface area contributed by atoms with Crippen LogP contribution in [-0.2, 0) is 9.59 Å². The second-order valence-corrected chi connectivity index (χ2v) is 11.2. The first-order chi connectivity index (χ1) is 21.7. The number of carbonyl (C=O) groups is 3. The molecule has 4 aromatic rings. The van der Waals surface area contributed by atoms with Crippen molar-refractivity contribution in [1.82, 2.24) is 5.32 Å². The second-order valence-electron chi connectivity index (χ2n) is 9.27. The van der Waals surface area contributed by atoms with Crippen LogP contribution in [0.25, 0.3) is 6.08 Å². The Balaban J connectivity index is 1.50. The van der Waals surface area contributed by atoms with E-state index < -0.39 is 11.8 Å². The van der Waals surface area contributed by atoms with Gasteiger partial charge in [-0.3, -0.25) is 14.4 Å². The van der Waals surface area contributed by atoms with Gasteiger partial charge in [-0.25, -0.2) is 0 Å². The van der Waals surface area contributed by atoms with Crippen LogP contribution < -0.4 is 30.2 Å². The third kappa shape index (κ3) is 9.18. The number of ether oxygens (including phenoxy) is 3. The van der Waals surface area contributed by atoms with Crippen LogP contribution in [0.3, 0.4) is 0 Å². The number of anilines is 2. The predicted octanol–water partition coefficient (Wildman–Crippen LogP) is 7.16. The molecule has 9 nitrogen and oxygen atoms in total. The van der Waals surface area contributed by atoms with Gasteiger partial charge in [0.05, 0.1) is 37.8 Å². The van der Waals surface area contributed by atoms with Gasteiger partial charge in [0.2, 0.25) is 5.91 Å². The van der Waals surface area contributed by atoms with Gasteiger partial charge in [0, 0.05) is 32.8 Å². The Labute approximate surface area is 274 Å². The maximum atomic E-state index is 13.5. The van der Waals surface area contributed by atoms with Gasteiger partial charge in [0.1, 0.15) is 11.4 Å². The summed E-state index contributed by atoms with van der Waals surface area (Å²) in [6.07, 6.45) is 1.49. The molecule has 0 radical (unpaired) electrons. The lowest BCUT2D eigenvalue weighted by Crippen LogP contribution is -2.30. The Morgan fingerprint density at radius 1 is 0.778 bits per heavy atom. The maximum Gasteiger partial charge on any atom is 0.272 e. The van der Waals surface area contributed by atoms with Crippen LogP contribution in [0.2, 0.25) is 10.0 Å². The Kier molecular flexibility index (Phi) is 11.7. The molecule has 0 aliphatic carbocycles. The van der Waals surface area contributed by atoms with Gasteiger partial charge in [-0.1, -0.05) is 41.4 Å². The molecule has 0 aliphatic heterocycles. The Morgan fingerprint density at radius 3 is 2.09 bits per heavy atom. The first kappa shape index (κ1) is 33.3. The Morgan fingerprint density at radius 2 is 1.44 bits per heavy atom. The molecule has 45 heavy (non-hydrogen) atoms. The van der Waals surface area contributed by atoms with E-state index in [4.69, 9.17) is 37.4 Å². The minimum absolute atomic E-state index is 0.0367. The monoisotopic (exact) mass is 665 g/mol. The van der Waals surface area contributed by atoms with E-state index in [1.54, 1.807) is 84.9 Å². The molecule has 0 bridgehead atoms. The molecule has 3 amide bonds. The predicted molar refractivity (Wildman–Crippen MR) is 179 cm³/mol. The van der Waals surface area contributed by atoms with E-state index in [9.17, 15) is 14.4 Å². The van der Waals surface area contributed by atoms with Crippen LogP contribution in [-0.4, -0.2) is 44.8 Å². The van der Waals surface area contributed by atoms with Crippen molar-refractivity contribution in [2.24, 2.45) is 0 Å². The highest BCUT2D eigenvalue weighted by atomic mass is 35.5. The van der Waals surface area contributed by atoms with Crippen LogP contribution >= 0.6 is 35.0 Å². The Bertz CT molecular complexity index is 1720. The summed E-state index contributed by atoms with van der Waals surface area (Å²) < 4.78 is 16.3. The van der Waals surface area contributed by atoms with Crippen molar-refractivity contribution >= 4 is 70.1 Å². The minimum atomic E-state index is -0.573. The van der Waals surface area contributed by atoms with E-state index >= 15 is 0 Å². The van der Waals surface area contributed by atoms with E-state index in [-0.39, 0.29) is 17.4 Å². The van der Waals surface area contributed by atoms with Crippen LogP contribution in [0, 0.1) is 0 Å². The number of hydrogen-bond donors (Lipinski definition) is 3. The molecular weight excluding hydrogens is 637 g/mol. The van der Waals surface area contributed by atoms with Crippen molar-refractivity contribution in [3.63, 3.8) is 0 Å². The molecule has 0 spiro atoms. The topological polar surface area (TPSA) is 115 Å². The first-order valence-corrected chi connectivity index (χ1v) is 15.1. The fraction of sp³-hybridized carbons (Fsp3) is 0.121. The van der Waals surface area contributed by atoms with Gasteiger partial charge < -0.3 is 30.2 Å². The number of amides is 3. The normalized spacial score (nSPS) is 10.9. The smallest absolute Gasteiger partial charge is 0.272 e. The summed E-state index contributed by atoms with van der Waals surface area (Å²) in [6, 6.07) is 23.6. The zero-order chi connectivity index (χ0) is 32.3. The summed E-state index contributed by atoms with van der Waals surface area (Å²) in [7, 11) is 4.48. The van der Waals surface area contributed by atoms with Crippen molar-refractivity contribution < 1.29 is 28.6 Å². The fourth-order valence-electron chi connectivity index (χ4n) is 4.02. The highest BCUT2D eigenvalue weighted by Gasteiger charge is 2.18. The van der Waals surface area contributed by atoms with Crippen molar-refractivity contribution in [3.05, 3.63) is 112 Å². The third-order valence-corrected chi connectivity index (χ3v) is 7.81. The number of thioether (sulfide) groups is 1. The summed E-state index contributed by atoms with van der Waals surface area (Å²) >= 11 is 13.4. The van der Waals surface area contributed by atoms with Gasteiger partial charge in [0.25, 0.3) is 11.8 Å². The number of methoxy groups -OCH3 is 3. The number of nitrogens with one attached hydrogen (secondary N) is 3. The standard InChI is InChI=1S/C33H29Cl2N3O6S/c1-42-28-18-30(44-3)29(43-2)16-21(28)15-27(38-32(40)20-7-5-4-6-8-20)33(41)36-23-10-12-24(13-11-23)45-19-31(39)37-26-14-9-22(34)17-25(26)35/h4-18H,19H2,1-3H3,(H,36,41)(H,37,39)(H,38,40)/b27-15-. The van der Waals surface area contributed by atoms with Crippen molar-refractivity contribution in [2.45, 2.75) is 4.90 Å². The molecule has 0 atom stereocenters. The number of carbonyl (C=O) groups excluding carboxylic acids is 3. The summed E-state index contributed by atoms with van der Waals surface area (Å²) in [5.74, 6) is 0.103. The molecule has 0 unspecified atom stereocenters. The lowest BCUT2D eigenvalue weighted by molar-refractivity contribution is -0.114. The molecule has 0 aliphatic rings. The maximum absolute atomic E-state index is 13.5.